The normalized spacial score (nSPS) is 12.9. The zero-order valence-electron chi connectivity index (χ0n) is 12.1. The highest BCUT2D eigenvalue weighted by Gasteiger charge is 2.13. The summed E-state index contributed by atoms with van der Waals surface area (Å²) in [5, 5.41) is 0. The van der Waals surface area contributed by atoms with Gasteiger partial charge in [-0.25, -0.2) is 8.42 Å². The number of nitrogens with two attached hydrogens (primary N) is 1. The Bertz CT molecular complexity index is 726. The number of aryl methyl sites for hydroxylation is 1. The van der Waals surface area contributed by atoms with Crippen molar-refractivity contribution < 1.29 is 13.2 Å². The molecule has 2 aromatic rings. The van der Waals surface area contributed by atoms with Crippen molar-refractivity contribution in [3.8, 4) is 5.75 Å². The molecule has 0 fully saturated rings. The van der Waals surface area contributed by atoms with E-state index in [0.717, 1.165) is 11.1 Å². The maximum absolute atomic E-state index is 11.6. The third-order valence-electron chi connectivity index (χ3n) is 3.14. The van der Waals surface area contributed by atoms with Gasteiger partial charge in [0.25, 0.3) is 0 Å². The molecule has 0 heterocycles. The van der Waals surface area contributed by atoms with Crippen LogP contribution in [0.2, 0.25) is 0 Å². The van der Waals surface area contributed by atoms with Crippen LogP contribution in [0.25, 0.3) is 0 Å². The summed E-state index contributed by atoms with van der Waals surface area (Å²) in [5.41, 5.74) is 7.88. The predicted molar refractivity (Wildman–Crippen MR) is 83.2 cm³/mol. The second kappa shape index (κ2) is 6.28. The van der Waals surface area contributed by atoms with Crippen molar-refractivity contribution in [2.45, 2.75) is 17.9 Å². The Morgan fingerprint density at radius 2 is 1.86 bits per heavy atom. The molecule has 0 aliphatic heterocycles. The monoisotopic (exact) mass is 305 g/mol. The SMILES string of the molecule is Cc1cccc(C(CN)Oc2cccc(S(C)(=O)=O)c2)c1. The Morgan fingerprint density at radius 1 is 1.14 bits per heavy atom. The first-order chi connectivity index (χ1) is 9.90. The van der Waals surface area contributed by atoms with Crippen molar-refractivity contribution in [3.05, 3.63) is 59.7 Å². The third kappa shape index (κ3) is 4.06. The van der Waals surface area contributed by atoms with Gasteiger partial charge in [-0.15, -0.1) is 0 Å². The van der Waals surface area contributed by atoms with Crippen molar-refractivity contribution in [2.24, 2.45) is 5.73 Å². The molecule has 0 aliphatic carbocycles. The highest BCUT2D eigenvalue weighted by atomic mass is 32.2. The molecule has 0 bridgehead atoms. The van der Waals surface area contributed by atoms with E-state index in [0.29, 0.717) is 12.3 Å². The molecule has 2 aromatic carbocycles. The summed E-state index contributed by atoms with van der Waals surface area (Å²) in [5.74, 6) is 0.495. The molecule has 4 nitrogen and oxygen atoms in total. The average Bonchev–Trinajstić information content (AvgIpc) is 2.44. The van der Waals surface area contributed by atoms with Gasteiger partial charge in [-0.1, -0.05) is 35.9 Å². The lowest BCUT2D eigenvalue weighted by Crippen LogP contribution is -2.18. The minimum atomic E-state index is -3.25. The van der Waals surface area contributed by atoms with E-state index in [1.807, 2.05) is 31.2 Å². The van der Waals surface area contributed by atoms with Crippen LogP contribution < -0.4 is 10.5 Å². The van der Waals surface area contributed by atoms with Crippen LogP contribution in [0.15, 0.2) is 53.4 Å². The van der Waals surface area contributed by atoms with Gasteiger partial charge in [0.05, 0.1) is 4.90 Å². The van der Waals surface area contributed by atoms with Crippen molar-refractivity contribution in [3.63, 3.8) is 0 Å². The van der Waals surface area contributed by atoms with E-state index in [9.17, 15) is 8.42 Å². The number of ether oxygens (including phenoxy) is 1. The van der Waals surface area contributed by atoms with Crippen LogP contribution in [-0.2, 0) is 9.84 Å². The molecule has 0 aromatic heterocycles. The molecule has 2 N–H and O–H groups in total. The highest BCUT2D eigenvalue weighted by Crippen LogP contribution is 2.24. The quantitative estimate of drug-likeness (QED) is 0.921. The van der Waals surface area contributed by atoms with Gasteiger partial charge >= 0.3 is 0 Å². The van der Waals surface area contributed by atoms with Crippen LogP contribution in [0.5, 0.6) is 5.75 Å². The third-order valence-corrected chi connectivity index (χ3v) is 4.25. The van der Waals surface area contributed by atoms with Crippen LogP contribution >= 0.6 is 0 Å². The van der Waals surface area contributed by atoms with E-state index >= 15 is 0 Å². The summed E-state index contributed by atoms with van der Waals surface area (Å²) in [6, 6.07) is 14.4. The maximum atomic E-state index is 11.6. The summed E-state index contributed by atoms with van der Waals surface area (Å²) < 4.78 is 29.0. The first kappa shape index (κ1) is 15.5. The number of rotatable bonds is 5. The van der Waals surface area contributed by atoms with Crippen LogP contribution in [0.3, 0.4) is 0 Å². The fourth-order valence-corrected chi connectivity index (χ4v) is 2.72. The van der Waals surface area contributed by atoms with Gasteiger partial charge < -0.3 is 10.5 Å². The molecule has 0 saturated carbocycles. The summed E-state index contributed by atoms with van der Waals surface area (Å²) in [6.07, 6.45) is 0.868. The zero-order valence-corrected chi connectivity index (χ0v) is 12.9. The van der Waals surface area contributed by atoms with Crippen molar-refractivity contribution in [2.75, 3.05) is 12.8 Å². The van der Waals surface area contributed by atoms with Gasteiger partial charge in [0.1, 0.15) is 11.9 Å². The second-order valence-electron chi connectivity index (χ2n) is 5.00. The van der Waals surface area contributed by atoms with E-state index in [2.05, 4.69) is 0 Å². The van der Waals surface area contributed by atoms with E-state index in [1.165, 1.54) is 12.3 Å². The summed E-state index contributed by atoms with van der Waals surface area (Å²) in [4.78, 5) is 0.236. The molecule has 5 heteroatoms. The van der Waals surface area contributed by atoms with E-state index in [4.69, 9.17) is 10.5 Å². The number of sulfone groups is 1. The lowest BCUT2D eigenvalue weighted by molar-refractivity contribution is 0.213. The van der Waals surface area contributed by atoms with Crippen molar-refractivity contribution in [1.82, 2.24) is 0 Å². The zero-order chi connectivity index (χ0) is 15.5. The Balaban J connectivity index is 2.27. The van der Waals surface area contributed by atoms with Gasteiger partial charge in [-0.05, 0) is 30.7 Å². The predicted octanol–water partition coefficient (Wildman–Crippen LogP) is 2.48. The van der Waals surface area contributed by atoms with Gasteiger partial charge in [0.15, 0.2) is 9.84 Å². The van der Waals surface area contributed by atoms with Crippen LogP contribution in [0.4, 0.5) is 0 Å². The first-order valence-electron chi connectivity index (χ1n) is 6.63. The second-order valence-corrected chi connectivity index (χ2v) is 7.02. The topological polar surface area (TPSA) is 69.4 Å². The summed E-state index contributed by atoms with van der Waals surface area (Å²) in [6.45, 7) is 2.31. The van der Waals surface area contributed by atoms with Crippen molar-refractivity contribution >= 4 is 9.84 Å². The van der Waals surface area contributed by atoms with Gasteiger partial charge in [0, 0.05) is 12.8 Å². The molecular formula is C16H19NO3S. The van der Waals surface area contributed by atoms with E-state index < -0.39 is 9.84 Å². The van der Waals surface area contributed by atoms with Gasteiger partial charge in [-0.3, -0.25) is 0 Å². The Hall–Kier alpha value is -1.85. The van der Waals surface area contributed by atoms with Gasteiger partial charge in [-0.2, -0.15) is 0 Å². The lowest BCUT2D eigenvalue weighted by Gasteiger charge is -2.18. The number of hydrogen-bond donors (Lipinski definition) is 1. The number of hydrogen-bond acceptors (Lipinski definition) is 4. The molecule has 2 rings (SSSR count). The molecule has 0 spiro atoms. The Labute approximate surface area is 125 Å². The number of benzene rings is 2. The molecule has 0 aliphatic rings. The molecule has 0 saturated heterocycles. The standard InChI is InChI=1S/C16H19NO3S/c1-12-5-3-6-13(9-12)16(11-17)20-14-7-4-8-15(10-14)21(2,18)19/h3-10,16H,11,17H2,1-2H3. The minimum absolute atomic E-state index is 0.236. The molecule has 21 heavy (non-hydrogen) atoms. The van der Waals surface area contributed by atoms with Crippen LogP contribution in [0.1, 0.15) is 17.2 Å². The molecule has 1 unspecified atom stereocenters. The average molecular weight is 305 g/mol. The van der Waals surface area contributed by atoms with Crippen molar-refractivity contribution in [1.29, 1.82) is 0 Å². The minimum Gasteiger partial charge on any atom is -0.484 e. The summed E-state index contributed by atoms with van der Waals surface area (Å²) in [7, 11) is -3.25. The lowest BCUT2D eigenvalue weighted by atomic mass is 10.1. The fraction of sp³-hybridized carbons (Fsp3) is 0.250. The first-order valence-corrected chi connectivity index (χ1v) is 8.52. The summed E-state index contributed by atoms with van der Waals surface area (Å²) >= 11 is 0. The largest absolute Gasteiger partial charge is 0.484 e. The Morgan fingerprint density at radius 3 is 2.48 bits per heavy atom. The Kier molecular flexibility index (Phi) is 4.65. The van der Waals surface area contributed by atoms with E-state index in [1.54, 1.807) is 18.2 Å². The fourth-order valence-electron chi connectivity index (χ4n) is 2.07. The van der Waals surface area contributed by atoms with Crippen LogP contribution in [0, 0.1) is 6.92 Å². The molecule has 112 valence electrons. The van der Waals surface area contributed by atoms with E-state index in [-0.39, 0.29) is 11.0 Å². The molecule has 0 amide bonds. The molecule has 1 atom stereocenters. The maximum Gasteiger partial charge on any atom is 0.175 e. The molecular weight excluding hydrogens is 286 g/mol. The molecule has 0 radical (unpaired) electrons. The highest BCUT2D eigenvalue weighted by molar-refractivity contribution is 7.90. The van der Waals surface area contributed by atoms with Gasteiger partial charge in [0.2, 0.25) is 0 Å². The van der Waals surface area contributed by atoms with Crippen LogP contribution in [-0.4, -0.2) is 21.2 Å². The smallest absolute Gasteiger partial charge is 0.175 e.